The maximum atomic E-state index is 14.0. The highest BCUT2D eigenvalue weighted by Gasteiger charge is 2.36. The molecule has 0 radical (unpaired) electrons. The van der Waals surface area contributed by atoms with Crippen molar-refractivity contribution < 1.29 is 27.9 Å². The molecule has 3 heterocycles. The largest absolute Gasteiger partial charge is 0.417 e. The van der Waals surface area contributed by atoms with Crippen LogP contribution in [0.4, 0.5) is 19.0 Å². The minimum absolute atomic E-state index is 0.0220. The van der Waals surface area contributed by atoms with Crippen LogP contribution in [-0.4, -0.2) is 59.6 Å². The molecular formula is C30H34F3N7O3S. The fraction of sp³-hybridized carbons (Fsp3) is 0.333. The second kappa shape index (κ2) is 13.6. The molecule has 8 N–H and O–H groups in total. The number of aromatic amines is 1. The number of nitrogens with zero attached hydrogens (tertiary/aromatic N) is 2. The van der Waals surface area contributed by atoms with Gasteiger partial charge in [0.15, 0.2) is 0 Å². The van der Waals surface area contributed by atoms with Crippen molar-refractivity contribution in [2.45, 2.75) is 38.1 Å². The number of anilines is 1. The molecule has 1 aliphatic heterocycles. The fourth-order valence-corrected chi connectivity index (χ4v) is 5.32. The van der Waals surface area contributed by atoms with Gasteiger partial charge in [-0.05, 0) is 49.6 Å². The van der Waals surface area contributed by atoms with Gasteiger partial charge in [0.25, 0.3) is 5.91 Å². The molecule has 1 unspecified atom stereocenters. The van der Waals surface area contributed by atoms with E-state index >= 15 is 0 Å². The number of aliphatic hydroxyl groups excluding tert-OH is 1. The molecule has 0 saturated carbocycles. The summed E-state index contributed by atoms with van der Waals surface area (Å²) in [4.78, 5) is 32.5. The Morgan fingerprint density at radius 1 is 1.16 bits per heavy atom. The van der Waals surface area contributed by atoms with Gasteiger partial charge in [-0.2, -0.15) is 13.2 Å². The van der Waals surface area contributed by atoms with E-state index in [0.29, 0.717) is 37.2 Å². The number of carbonyl (C=O) groups excluding carboxylic acids is 2. The Hall–Kier alpha value is -4.27. The zero-order chi connectivity index (χ0) is 32.2. The first-order valence-corrected chi connectivity index (χ1v) is 14.3. The van der Waals surface area contributed by atoms with E-state index in [1.807, 2.05) is 12.1 Å². The van der Waals surface area contributed by atoms with Gasteiger partial charge in [0.1, 0.15) is 16.6 Å². The van der Waals surface area contributed by atoms with E-state index < -0.39 is 35.0 Å². The van der Waals surface area contributed by atoms with Gasteiger partial charge in [-0.3, -0.25) is 14.6 Å². The molecule has 1 atom stereocenters. The van der Waals surface area contributed by atoms with Crippen LogP contribution in [-0.2, 0) is 11.0 Å². The molecule has 0 bridgehead atoms. The Kier molecular flexibility index (Phi) is 10.1. The standard InChI is InChI=1S/C30H34F3N7O3S/c1-16(27(35)42)26(34)25-21(30(31,32)33)13-24(39-29(25)44)40-10-8-20(9-11-40)37-15-23(41)22-7-6-19(14-38-22)17-4-3-5-18(12-17)28(43)36-2/h3-7,12-14,20,23,37,41H,8-11,15,34H2,1-2H3,(H2,35,42)(H,36,43)(H,39,44)/b26-16-. The molecule has 1 aromatic carbocycles. The van der Waals surface area contributed by atoms with Crippen LogP contribution in [0.3, 0.4) is 0 Å². The third kappa shape index (κ3) is 7.44. The molecule has 1 aliphatic rings. The predicted octanol–water partition coefficient (Wildman–Crippen LogP) is 3.65. The lowest BCUT2D eigenvalue weighted by Crippen LogP contribution is -2.44. The first kappa shape index (κ1) is 32.6. The van der Waals surface area contributed by atoms with Gasteiger partial charge >= 0.3 is 6.18 Å². The topological polar surface area (TPSA) is 162 Å². The van der Waals surface area contributed by atoms with Crippen molar-refractivity contribution in [2.24, 2.45) is 11.5 Å². The number of carbonyl (C=O) groups is 2. The lowest BCUT2D eigenvalue weighted by atomic mass is 10.0. The van der Waals surface area contributed by atoms with Crippen LogP contribution in [0.5, 0.6) is 0 Å². The molecule has 0 aliphatic carbocycles. The second-order valence-electron chi connectivity index (χ2n) is 10.5. The summed E-state index contributed by atoms with van der Waals surface area (Å²) >= 11 is 5.23. The van der Waals surface area contributed by atoms with Crippen LogP contribution < -0.4 is 27.0 Å². The van der Waals surface area contributed by atoms with E-state index in [1.54, 1.807) is 42.4 Å². The Morgan fingerprint density at radius 2 is 1.86 bits per heavy atom. The highest BCUT2D eigenvalue weighted by atomic mass is 32.1. The summed E-state index contributed by atoms with van der Waals surface area (Å²) in [7, 11) is 1.57. The number of alkyl halides is 3. The normalized spacial score (nSPS) is 15.5. The number of pyridine rings is 2. The fourth-order valence-electron chi connectivity index (χ4n) is 4.99. The Balaban J connectivity index is 1.38. The molecule has 3 aromatic rings. The Labute approximate surface area is 257 Å². The highest BCUT2D eigenvalue weighted by Crippen LogP contribution is 2.37. The van der Waals surface area contributed by atoms with Crippen molar-refractivity contribution >= 4 is 35.5 Å². The molecule has 1 saturated heterocycles. The molecule has 2 amide bonds. The zero-order valence-electron chi connectivity index (χ0n) is 24.2. The lowest BCUT2D eigenvalue weighted by Gasteiger charge is -2.34. The highest BCUT2D eigenvalue weighted by molar-refractivity contribution is 7.71. The van der Waals surface area contributed by atoms with Gasteiger partial charge in [-0.25, -0.2) is 0 Å². The molecular weight excluding hydrogens is 595 g/mol. The molecule has 14 heteroatoms. The zero-order valence-corrected chi connectivity index (χ0v) is 25.0. The van der Waals surface area contributed by atoms with Crippen LogP contribution in [0.1, 0.15) is 53.0 Å². The number of primary amides is 1. The first-order valence-electron chi connectivity index (χ1n) is 13.9. The van der Waals surface area contributed by atoms with Crippen LogP contribution in [0.2, 0.25) is 0 Å². The Bertz CT molecular complexity index is 1620. The van der Waals surface area contributed by atoms with Crippen molar-refractivity contribution in [1.29, 1.82) is 0 Å². The molecule has 10 nitrogen and oxygen atoms in total. The molecule has 44 heavy (non-hydrogen) atoms. The predicted molar refractivity (Wildman–Crippen MR) is 164 cm³/mol. The summed E-state index contributed by atoms with van der Waals surface area (Å²) in [5.41, 5.74) is 11.6. The van der Waals surface area contributed by atoms with Crippen LogP contribution in [0.15, 0.2) is 54.2 Å². The SMILES string of the molecule is CNC(=O)c1cccc(-c2ccc(C(O)CNC3CCN(c4cc(C(F)(F)F)c(/C(N)=C(\C)C(N)=O)c(=S)[nH]4)CC3)nc2)c1. The van der Waals surface area contributed by atoms with Gasteiger partial charge in [0.2, 0.25) is 5.91 Å². The number of amides is 2. The number of piperidine rings is 1. The van der Waals surface area contributed by atoms with Gasteiger partial charge in [0, 0.05) is 61.2 Å². The molecule has 234 valence electrons. The number of hydrogen-bond donors (Lipinski definition) is 6. The molecule has 0 spiro atoms. The van der Waals surface area contributed by atoms with E-state index in [2.05, 4.69) is 20.6 Å². The van der Waals surface area contributed by atoms with Crippen molar-refractivity contribution in [3.8, 4) is 11.1 Å². The third-order valence-corrected chi connectivity index (χ3v) is 7.92. The number of nitrogens with two attached hydrogens (primary N) is 2. The summed E-state index contributed by atoms with van der Waals surface area (Å²) < 4.78 is 41.8. The number of nitrogens with one attached hydrogen (secondary N) is 3. The first-order chi connectivity index (χ1) is 20.8. The second-order valence-corrected chi connectivity index (χ2v) is 10.9. The minimum Gasteiger partial charge on any atom is -0.398 e. The van der Waals surface area contributed by atoms with Gasteiger partial charge in [0.05, 0.1) is 17.0 Å². The lowest BCUT2D eigenvalue weighted by molar-refractivity contribution is -0.137. The smallest absolute Gasteiger partial charge is 0.398 e. The van der Waals surface area contributed by atoms with E-state index in [-0.39, 0.29) is 34.5 Å². The van der Waals surface area contributed by atoms with Gasteiger partial charge < -0.3 is 37.1 Å². The number of aromatic nitrogens is 2. The Morgan fingerprint density at radius 3 is 2.45 bits per heavy atom. The van der Waals surface area contributed by atoms with Crippen molar-refractivity contribution in [1.82, 2.24) is 20.6 Å². The van der Waals surface area contributed by atoms with Crippen LogP contribution >= 0.6 is 12.2 Å². The van der Waals surface area contributed by atoms with E-state index in [0.717, 1.165) is 17.2 Å². The molecule has 1 fully saturated rings. The average Bonchev–Trinajstić information content (AvgIpc) is 3.02. The summed E-state index contributed by atoms with van der Waals surface area (Å²) in [5, 5.41) is 16.6. The number of halogens is 3. The van der Waals surface area contributed by atoms with Crippen molar-refractivity contribution in [2.75, 3.05) is 31.6 Å². The maximum absolute atomic E-state index is 14.0. The third-order valence-electron chi connectivity index (χ3n) is 7.62. The number of H-pyrrole nitrogens is 1. The average molecular weight is 630 g/mol. The molecule has 2 aromatic heterocycles. The summed E-state index contributed by atoms with van der Waals surface area (Å²) in [5.74, 6) is -0.934. The van der Waals surface area contributed by atoms with E-state index in [4.69, 9.17) is 23.7 Å². The monoisotopic (exact) mass is 629 g/mol. The van der Waals surface area contributed by atoms with Crippen molar-refractivity contribution in [3.63, 3.8) is 0 Å². The minimum atomic E-state index is -4.77. The van der Waals surface area contributed by atoms with Crippen molar-refractivity contribution in [3.05, 3.63) is 81.3 Å². The molecule has 4 rings (SSSR count). The quantitative estimate of drug-likeness (QED) is 0.154. The van der Waals surface area contributed by atoms with Gasteiger partial charge in [-0.1, -0.05) is 30.4 Å². The van der Waals surface area contributed by atoms with Gasteiger partial charge in [-0.15, -0.1) is 0 Å². The number of hydrogen-bond acceptors (Lipinski definition) is 8. The number of rotatable bonds is 9. The van der Waals surface area contributed by atoms with Crippen LogP contribution in [0.25, 0.3) is 16.8 Å². The maximum Gasteiger partial charge on any atom is 0.417 e. The number of aliphatic hydroxyl groups is 1. The summed E-state index contributed by atoms with van der Waals surface area (Å²) in [6.45, 7) is 2.35. The van der Waals surface area contributed by atoms with E-state index in [9.17, 15) is 27.9 Å². The summed E-state index contributed by atoms with van der Waals surface area (Å²) in [6, 6.07) is 11.7. The summed E-state index contributed by atoms with van der Waals surface area (Å²) in [6.07, 6.45) is -2.80. The van der Waals surface area contributed by atoms with Crippen LogP contribution in [0, 0.1) is 4.64 Å². The van der Waals surface area contributed by atoms with E-state index in [1.165, 1.54) is 6.92 Å². The number of benzene rings is 1.